The molecule has 84 heavy (non-hydrogen) atoms. The molecule has 0 amide bonds. The molecular weight excluding hydrogens is 1260 g/mol. The third-order valence-corrected chi connectivity index (χ3v) is 15.2. The number of rotatable bonds is 30. The van der Waals surface area contributed by atoms with Crippen LogP contribution in [0.2, 0.25) is 0 Å². The Morgan fingerprint density at radius 1 is 0.369 bits per heavy atom. The minimum absolute atomic E-state index is 0.281. The number of benzene rings is 4. The van der Waals surface area contributed by atoms with Gasteiger partial charge in [0, 0.05) is 11.4 Å². The van der Waals surface area contributed by atoms with Crippen LogP contribution in [0.4, 0.5) is 58.4 Å². The Morgan fingerprint density at radius 3 is 0.940 bits per heavy atom. The fourth-order valence-corrected chi connectivity index (χ4v) is 10.2. The maximum Gasteiger partial charge on any atom is 0.296 e. The number of nitrogens with one attached hydrogen (secondary N) is 4. The van der Waals surface area contributed by atoms with Crippen molar-refractivity contribution in [3.63, 3.8) is 0 Å². The zero-order valence-electron chi connectivity index (χ0n) is 41.8. The molecule has 0 unspecified atom stereocenters. The zero-order valence-corrected chi connectivity index (χ0v) is 46.7. The van der Waals surface area contributed by atoms with Gasteiger partial charge in [-0.25, -0.2) is 19.4 Å². The van der Waals surface area contributed by atoms with Gasteiger partial charge >= 0.3 is 0 Å². The van der Waals surface area contributed by atoms with Crippen molar-refractivity contribution < 1.29 is 118 Å². The van der Waals surface area contributed by atoms with Crippen LogP contribution >= 0.6 is 0 Å². The molecule has 0 saturated heterocycles. The Balaban J connectivity index is 1.39. The summed E-state index contributed by atoms with van der Waals surface area (Å²) in [7, 11) is -30.8. The van der Waals surface area contributed by atoms with Gasteiger partial charge < -0.3 is 41.7 Å². The molecule has 4 aromatic carbocycles. The van der Waals surface area contributed by atoms with Gasteiger partial charge in [-0.3, -0.25) is 27.3 Å². The Hall–Kier alpha value is -7.42. The van der Waals surface area contributed by atoms with Crippen molar-refractivity contribution in [2.24, 2.45) is 0 Å². The van der Waals surface area contributed by atoms with Crippen LogP contribution in [0, 0.1) is 0 Å². The van der Waals surface area contributed by atoms with E-state index in [9.17, 15) is 98.2 Å². The van der Waals surface area contributed by atoms with Crippen molar-refractivity contribution >= 4 is 131 Å². The summed E-state index contributed by atoms with van der Waals surface area (Å²) in [6.45, 7) is -4.55. The molecule has 2 aromatic heterocycles. The first-order chi connectivity index (χ1) is 39.2. The van der Waals surface area contributed by atoms with E-state index >= 15 is 0 Å². The molecule has 44 heteroatoms. The third-order valence-electron chi connectivity index (χ3n) is 9.86. The highest BCUT2D eigenvalue weighted by Crippen LogP contribution is 2.33. The van der Waals surface area contributed by atoms with Crippen molar-refractivity contribution in [3.8, 4) is 0 Å². The van der Waals surface area contributed by atoms with Gasteiger partial charge in [0.15, 0.2) is 0 Å². The van der Waals surface area contributed by atoms with E-state index in [0.29, 0.717) is 46.9 Å². The van der Waals surface area contributed by atoms with E-state index in [1.807, 2.05) is 0 Å². The average molecular weight is 1300 g/mol. The van der Waals surface area contributed by atoms with Crippen LogP contribution in [0.1, 0.15) is 11.1 Å². The number of nitrogens with zero attached hydrogens (tertiary/aromatic N) is 8. The SMILES string of the molecule is O=S(=O)(O)c1ccc(S(=O)(=O)O)c(Nc2nc(Nc3ccc(C=Cc4ccc(Nc5nc(Nc6cc(S(=O)(=O)O)ccc6S(=O)(=O)O)nc(N(OCCO)OCCO)n5)cc4S(=O)(=O)O)c(S(=O)(=O)O)c3)nc(N(OCCO)OCCO)n2)c1. The van der Waals surface area contributed by atoms with Gasteiger partial charge in [0.25, 0.3) is 72.6 Å². The highest BCUT2D eigenvalue weighted by molar-refractivity contribution is 7.87. The maximum atomic E-state index is 12.9. The monoisotopic (exact) mass is 1300 g/mol. The van der Waals surface area contributed by atoms with E-state index in [-0.39, 0.29) is 22.5 Å². The minimum atomic E-state index is -5.25. The van der Waals surface area contributed by atoms with Crippen molar-refractivity contribution in [1.82, 2.24) is 29.9 Å². The molecule has 0 aliphatic carbocycles. The molecule has 0 fully saturated rings. The summed E-state index contributed by atoms with van der Waals surface area (Å²) in [5.41, 5.74) is -2.80. The van der Waals surface area contributed by atoms with Crippen molar-refractivity contribution in [2.45, 2.75) is 29.4 Å². The summed E-state index contributed by atoms with van der Waals surface area (Å²) in [5.74, 6) is -4.06. The summed E-state index contributed by atoms with van der Waals surface area (Å²) < 4.78 is 208. The topological polar surface area (TPSA) is 576 Å². The predicted molar refractivity (Wildman–Crippen MR) is 283 cm³/mol. The van der Waals surface area contributed by atoms with Crippen LogP contribution in [-0.2, 0) is 80.1 Å². The molecule has 2 heterocycles. The van der Waals surface area contributed by atoms with Gasteiger partial charge in [-0.1, -0.05) is 34.7 Å². The lowest BCUT2D eigenvalue weighted by molar-refractivity contribution is -0.106. The second-order valence-corrected chi connectivity index (χ2v) is 24.2. The molecule has 14 N–H and O–H groups in total. The fourth-order valence-electron chi connectivity index (χ4n) is 6.53. The number of aliphatic hydroxyl groups is 4. The van der Waals surface area contributed by atoms with Gasteiger partial charge in [0.05, 0.1) is 47.6 Å². The lowest BCUT2D eigenvalue weighted by atomic mass is 10.1. The van der Waals surface area contributed by atoms with Crippen LogP contribution in [0.5, 0.6) is 0 Å². The summed E-state index contributed by atoms with van der Waals surface area (Å²) in [6, 6.07) is 9.56. The van der Waals surface area contributed by atoms with Crippen LogP contribution < -0.4 is 31.7 Å². The zero-order chi connectivity index (χ0) is 62.0. The smallest absolute Gasteiger partial charge is 0.296 e. The first-order valence-electron chi connectivity index (χ1n) is 22.5. The molecule has 0 radical (unpaired) electrons. The normalized spacial score (nSPS) is 12.5. The first-order valence-corrected chi connectivity index (χ1v) is 31.1. The lowest BCUT2D eigenvalue weighted by Crippen LogP contribution is -2.29. The third kappa shape index (κ3) is 18.0. The molecule has 0 bridgehead atoms. The highest BCUT2D eigenvalue weighted by atomic mass is 32.2. The average Bonchev–Trinajstić information content (AvgIpc) is 1.83. The van der Waals surface area contributed by atoms with Gasteiger partial charge in [0.1, 0.15) is 46.0 Å². The maximum absolute atomic E-state index is 12.9. The predicted octanol–water partition coefficient (Wildman–Crippen LogP) is -0.01000. The van der Waals surface area contributed by atoms with Crippen molar-refractivity contribution in [3.05, 3.63) is 83.9 Å². The van der Waals surface area contributed by atoms with Crippen LogP contribution in [0.15, 0.2) is 102 Å². The van der Waals surface area contributed by atoms with Crippen LogP contribution in [-0.4, -0.2) is 181 Å². The van der Waals surface area contributed by atoms with Gasteiger partial charge in [-0.2, -0.15) is 80.4 Å². The van der Waals surface area contributed by atoms with Gasteiger partial charge in [-0.15, -0.1) is 0 Å². The fraction of sp³-hybridized carbons (Fsp3) is 0.200. The molecule has 456 valence electrons. The lowest BCUT2D eigenvalue weighted by Gasteiger charge is -2.21. The Morgan fingerprint density at radius 2 is 0.667 bits per heavy atom. The molecule has 0 aliphatic rings. The standard InChI is InChI=1S/C40H44N12O26S6/c53-11-15-75-51(76-16-12-54)39-47-35(45-37(49-39)43-29-21-27(79(57,58)59)7-9-31(29)81(63,64)65)41-25-5-3-23(33(19-25)83(69,70)71)1-2-24-4-6-26(20-34(24)84(72,73)74)42-36-46-38(50-40(48-36)52(77-17-13-55)78-18-14-56)44-30-22-28(80(60,61)62)8-10-32(30)82(66,67)68/h1-10,19-22,53-56H,11-18H2,(H,57,58,59)(H,60,61,62)(H,63,64,65)(H,66,67,68)(H,69,70,71)(H,72,73,74)(H2,41,43,45,47,49)(H2,42,44,46,48,50). The molecule has 0 atom stereocenters. The Labute approximate surface area is 474 Å². The summed E-state index contributed by atoms with van der Waals surface area (Å²) in [5, 5.41) is 48.3. The molecule has 0 spiro atoms. The number of anilines is 10. The molecule has 6 rings (SSSR count). The number of hydrogen-bond acceptors (Lipinski definition) is 32. The van der Waals surface area contributed by atoms with E-state index < -0.39 is 190 Å². The van der Waals surface area contributed by atoms with E-state index in [0.717, 1.165) is 48.6 Å². The molecule has 6 aromatic rings. The van der Waals surface area contributed by atoms with E-state index in [2.05, 4.69) is 51.2 Å². The van der Waals surface area contributed by atoms with E-state index in [1.165, 1.54) is 0 Å². The largest absolute Gasteiger partial charge is 0.394 e. The van der Waals surface area contributed by atoms with E-state index in [1.54, 1.807) is 0 Å². The second kappa shape index (κ2) is 27.1. The van der Waals surface area contributed by atoms with Gasteiger partial charge in [0.2, 0.25) is 23.8 Å². The number of aliphatic hydroxyl groups excluding tert-OH is 4. The quantitative estimate of drug-likeness (QED) is 0.0160. The highest BCUT2D eigenvalue weighted by Gasteiger charge is 2.26. The molecule has 38 nitrogen and oxygen atoms in total. The van der Waals surface area contributed by atoms with Crippen molar-refractivity contribution in [1.29, 1.82) is 0 Å². The van der Waals surface area contributed by atoms with E-state index in [4.69, 9.17) is 19.4 Å². The summed E-state index contributed by atoms with van der Waals surface area (Å²) in [6.07, 6.45) is 1.94. The minimum Gasteiger partial charge on any atom is -0.394 e. The summed E-state index contributed by atoms with van der Waals surface area (Å²) >= 11 is 0. The van der Waals surface area contributed by atoms with Crippen molar-refractivity contribution in [2.75, 3.05) is 84.6 Å². The molecule has 0 saturated carbocycles. The second-order valence-electron chi connectivity index (χ2n) is 15.8. The summed E-state index contributed by atoms with van der Waals surface area (Å²) in [4.78, 5) is 39.7. The first kappa shape index (κ1) is 65.7. The van der Waals surface area contributed by atoms with Gasteiger partial charge in [-0.05, 0) is 71.8 Å². The Kier molecular flexibility index (Phi) is 21.2. The Bertz CT molecular complexity index is 3870. The van der Waals surface area contributed by atoms with Crippen LogP contribution in [0.25, 0.3) is 12.2 Å². The molecule has 0 aliphatic heterocycles. The number of aromatic nitrogens is 6. The number of hydrogen-bond donors (Lipinski definition) is 14. The van der Waals surface area contributed by atoms with Crippen LogP contribution in [0.3, 0.4) is 0 Å². The molecular formula is C40H44N12O26S6.